The molecule has 0 amide bonds. The molecule has 24 heavy (non-hydrogen) atoms. The Hall–Kier alpha value is -1.75. The number of aliphatic imine (C=N–C) groups is 1. The summed E-state index contributed by atoms with van der Waals surface area (Å²) in [6, 6.07) is 6.37. The van der Waals surface area contributed by atoms with E-state index in [1.807, 2.05) is 7.05 Å². The Morgan fingerprint density at radius 3 is 2.88 bits per heavy atom. The summed E-state index contributed by atoms with van der Waals surface area (Å²) in [5.41, 5.74) is 2.38. The van der Waals surface area contributed by atoms with E-state index in [9.17, 15) is 0 Å². The fourth-order valence-corrected chi connectivity index (χ4v) is 2.99. The van der Waals surface area contributed by atoms with Crippen LogP contribution in [0.5, 0.6) is 5.75 Å². The fraction of sp³-hybridized carbons (Fsp3) is 0.632. The number of likely N-dealkylation sites (tertiary alicyclic amines) is 1. The van der Waals surface area contributed by atoms with E-state index in [1.54, 1.807) is 0 Å². The van der Waals surface area contributed by atoms with Crippen molar-refractivity contribution in [1.82, 2.24) is 15.5 Å². The van der Waals surface area contributed by atoms with Gasteiger partial charge in [-0.25, -0.2) is 0 Å². The molecule has 1 heterocycles. The highest BCUT2D eigenvalue weighted by Crippen LogP contribution is 2.20. The van der Waals surface area contributed by atoms with Crippen molar-refractivity contribution in [2.24, 2.45) is 10.9 Å². The van der Waals surface area contributed by atoms with Gasteiger partial charge in [0.05, 0.1) is 6.61 Å². The van der Waals surface area contributed by atoms with Crippen LogP contribution in [-0.4, -0.2) is 51.2 Å². The van der Waals surface area contributed by atoms with Crippen LogP contribution in [0.1, 0.15) is 30.9 Å². The first-order valence-electron chi connectivity index (χ1n) is 8.97. The van der Waals surface area contributed by atoms with E-state index in [2.05, 4.69) is 59.6 Å². The summed E-state index contributed by atoms with van der Waals surface area (Å²) in [5, 5.41) is 6.85. The van der Waals surface area contributed by atoms with Gasteiger partial charge < -0.3 is 20.3 Å². The quantitative estimate of drug-likeness (QED) is 0.595. The zero-order chi connectivity index (χ0) is 17.4. The van der Waals surface area contributed by atoms with Crippen LogP contribution in [0, 0.1) is 12.8 Å². The molecule has 1 unspecified atom stereocenters. The standard InChI is InChI=1S/C19H32N4O/c1-5-10-24-18-11-15(2)6-7-17(18)13-22-19(20-3)21-12-16-8-9-23(4)14-16/h6-7,11,16H,5,8-10,12-14H2,1-4H3,(H2,20,21,22). The molecule has 1 atom stereocenters. The summed E-state index contributed by atoms with van der Waals surface area (Å²) in [7, 11) is 4.00. The normalized spacial score (nSPS) is 18.7. The molecule has 2 rings (SSSR count). The van der Waals surface area contributed by atoms with E-state index in [-0.39, 0.29) is 0 Å². The first-order chi connectivity index (χ1) is 11.6. The van der Waals surface area contributed by atoms with Gasteiger partial charge in [-0.15, -0.1) is 0 Å². The minimum absolute atomic E-state index is 0.705. The summed E-state index contributed by atoms with van der Waals surface area (Å²) >= 11 is 0. The Labute approximate surface area is 146 Å². The van der Waals surface area contributed by atoms with E-state index in [0.717, 1.165) is 43.4 Å². The summed E-state index contributed by atoms with van der Waals surface area (Å²) in [4.78, 5) is 6.71. The first kappa shape index (κ1) is 18.6. The van der Waals surface area contributed by atoms with Crippen LogP contribution >= 0.6 is 0 Å². The number of nitrogens with one attached hydrogen (secondary N) is 2. The molecule has 0 aromatic heterocycles. The number of rotatable bonds is 7. The van der Waals surface area contributed by atoms with Gasteiger partial charge in [-0.1, -0.05) is 19.1 Å². The molecular formula is C19H32N4O. The Kier molecular flexibility index (Phi) is 7.37. The first-order valence-corrected chi connectivity index (χ1v) is 8.97. The highest BCUT2D eigenvalue weighted by Gasteiger charge is 2.19. The van der Waals surface area contributed by atoms with Crippen LogP contribution in [0.15, 0.2) is 23.2 Å². The lowest BCUT2D eigenvalue weighted by atomic mass is 10.1. The smallest absolute Gasteiger partial charge is 0.191 e. The van der Waals surface area contributed by atoms with E-state index >= 15 is 0 Å². The van der Waals surface area contributed by atoms with Gasteiger partial charge in [0.1, 0.15) is 5.75 Å². The fourth-order valence-electron chi connectivity index (χ4n) is 2.99. The van der Waals surface area contributed by atoms with Crippen molar-refractivity contribution in [2.45, 2.75) is 33.2 Å². The van der Waals surface area contributed by atoms with Gasteiger partial charge in [0.25, 0.3) is 0 Å². The molecule has 0 aliphatic carbocycles. The average Bonchev–Trinajstić information content (AvgIpc) is 2.99. The van der Waals surface area contributed by atoms with Gasteiger partial charge in [0.15, 0.2) is 5.96 Å². The van der Waals surface area contributed by atoms with Crippen LogP contribution in [0.25, 0.3) is 0 Å². The van der Waals surface area contributed by atoms with Crippen LogP contribution in [0.2, 0.25) is 0 Å². The van der Waals surface area contributed by atoms with Crippen molar-refractivity contribution < 1.29 is 4.74 Å². The molecule has 1 aromatic rings. The number of ether oxygens (including phenoxy) is 1. The second-order valence-corrected chi connectivity index (χ2v) is 6.68. The van der Waals surface area contributed by atoms with Gasteiger partial charge in [0.2, 0.25) is 0 Å². The van der Waals surface area contributed by atoms with Crippen LogP contribution in [-0.2, 0) is 6.54 Å². The number of guanidine groups is 1. The minimum atomic E-state index is 0.705. The summed E-state index contributed by atoms with van der Waals surface area (Å²) in [5.74, 6) is 2.53. The van der Waals surface area contributed by atoms with E-state index in [4.69, 9.17) is 4.74 Å². The molecule has 5 heteroatoms. The van der Waals surface area contributed by atoms with Gasteiger partial charge >= 0.3 is 0 Å². The molecule has 0 spiro atoms. The molecule has 134 valence electrons. The third-order valence-electron chi connectivity index (χ3n) is 4.40. The maximum absolute atomic E-state index is 5.88. The SMILES string of the molecule is CCCOc1cc(C)ccc1CNC(=NC)NCC1CCN(C)C1. The molecule has 1 fully saturated rings. The van der Waals surface area contributed by atoms with Gasteiger partial charge in [-0.2, -0.15) is 0 Å². The number of aryl methyl sites for hydroxylation is 1. The van der Waals surface area contributed by atoms with E-state index in [1.165, 1.54) is 18.5 Å². The zero-order valence-electron chi connectivity index (χ0n) is 15.6. The Morgan fingerprint density at radius 2 is 2.21 bits per heavy atom. The predicted molar refractivity (Wildman–Crippen MR) is 101 cm³/mol. The monoisotopic (exact) mass is 332 g/mol. The van der Waals surface area contributed by atoms with E-state index < -0.39 is 0 Å². The van der Waals surface area contributed by atoms with Crippen LogP contribution < -0.4 is 15.4 Å². The van der Waals surface area contributed by atoms with Gasteiger partial charge in [-0.05, 0) is 50.9 Å². The number of nitrogens with zero attached hydrogens (tertiary/aromatic N) is 2. The second-order valence-electron chi connectivity index (χ2n) is 6.68. The lowest BCUT2D eigenvalue weighted by Gasteiger charge is -2.17. The molecule has 2 N–H and O–H groups in total. The van der Waals surface area contributed by atoms with Crippen molar-refractivity contribution in [3.05, 3.63) is 29.3 Å². The van der Waals surface area contributed by atoms with Gasteiger partial charge in [0, 0.05) is 32.2 Å². The second kappa shape index (κ2) is 9.52. The van der Waals surface area contributed by atoms with E-state index in [0.29, 0.717) is 12.5 Å². The zero-order valence-corrected chi connectivity index (χ0v) is 15.6. The average molecular weight is 332 g/mol. The van der Waals surface area contributed by atoms with Crippen molar-refractivity contribution in [2.75, 3.05) is 40.3 Å². The van der Waals surface area contributed by atoms with Gasteiger partial charge in [-0.3, -0.25) is 4.99 Å². The molecule has 5 nitrogen and oxygen atoms in total. The van der Waals surface area contributed by atoms with Crippen LogP contribution in [0.4, 0.5) is 0 Å². The lowest BCUT2D eigenvalue weighted by molar-refractivity contribution is 0.313. The number of hydrogen-bond acceptors (Lipinski definition) is 3. The van der Waals surface area contributed by atoms with Crippen molar-refractivity contribution >= 4 is 5.96 Å². The van der Waals surface area contributed by atoms with Crippen LogP contribution in [0.3, 0.4) is 0 Å². The lowest BCUT2D eigenvalue weighted by Crippen LogP contribution is -2.39. The predicted octanol–water partition coefficient (Wildman–Crippen LogP) is 2.40. The molecule has 1 saturated heterocycles. The number of benzene rings is 1. The third kappa shape index (κ3) is 5.71. The highest BCUT2D eigenvalue weighted by atomic mass is 16.5. The topological polar surface area (TPSA) is 48.9 Å². The maximum atomic E-state index is 5.88. The van der Waals surface area contributed by atoms with Crippen molar-refractivity contribution in [1.29, 1.82) is 0 Å². The Bertz CT molecular complexity index is 544. The number of hydrogen-bond donors (Lipinski definition) is 2. The largest absolute Gasteiger partial charge is 0.493 e. The summed E-state index contributed by atoms with van der Waals surface area (Å²) < 4.78 is 5.88. The molecule has 0 radical (unpaired) electrons. The highest BCUT2D eigenvalue weighted by molar-refractivity contribution is 5.79. The Morgan fingerprint density at radius 1 is 1.38 bits per heavy atom. The summed E-state index contributed by atoms with van der Waals surface area (Å²) in [6.07, 6.45) is 2.27. The molecule has 1 aliphatic heterocycles. The third-order valence-corrected chi connectivity index (χ3v) is 4.40. The molecular weight excluding hydrogens is 300 g/mol. The Balaban J connectivity index is 1.86. The minimum Gasteiger partial charge on any atom is -0.493 e. The molecule has 1 aliphatic rings. The van der Waals surface area contributed by atoms with Crippen molar-refractivity contribution in [3.63, 3.8) is 0 Å². The van der Waals surface area contributed by atoms with Crippen molar-refractivity contribution in [3.8, 4) is 5.75 Å². The molecule has 0 saturated carbocycles. The molecule has 0 bridgehead atoms. The molecule has 1 aromatic carbocycles. The summed E-state index contributed by atoms with van der Waals surface area (Å²) in [6.45, 7) is 9.01. The maximum Gasteiger partial charge on any atom is 0.191 e.